The van der Waals surface area contributed by atoms with Crippen molar-refractivity contribution in [3.63, 3.8) is 0 Å². The van der Waals surface area contributed by atoms with Gasteiger partial charge in [0.1, 0.15) is 5.75 Å². The number of hydrogen-bond acceptors (Lipinski definition) is 3. The topological polar surface area (TPSA) is 58.6 Å². The average molecular weight is 279 g/mol. The fraction of sp³-hybridized carbons (Fsp3) is 0.562. The van der Waals surface area contributed by atoms with Gasteiger partial charge in [-0.3, -0.25) is 4.79 Å². The molecule has 112 valence electrons. The van der Waals surface area contributed by atoms with Crippen LogP contribution in [0.25, 0.3) is 0 Å². The van der Waals surface area contributed by atoms with Crippen LogP contribution in [-0.2, 0) is 4.79 Å². The summed E-state index contributed by atoms with van der Waals surface area (Å²) in [5.41, 5.74) is 0.0561. The van der Waals surface area contributed by atoms with Gasteiger partial charge in [0, 0.05) is 6.54 Å². The first-order valence-corrected chi connectivity index (χ1v) is 6.99. The summed E-state index contributed by atoms with van der Waals surface area (Å²) in [7, 11) is 0. The number of carbonyl (C=O) groups is 1. The van der Waals surface area contributed by atoms with Gasteiger partial charge in [-0.1, -0.05) is 39.0 Å². The number of para-hydroxylation sites is 1. The minimum absolute atomic E-state index is 0.0561. The van der Waals surface area contributed by atoms with Crippen molar-refractivity contribution >= 4 is 5.91 Å². The number of benzene rings is 1. The molecule has 2 N–H and O–H groups in total. The van der Waals surface area contributed by atoms with Gasteiger partial charge in [-0.05, 0) is 24.0 Å². The standard InChI is InChI=1S/C16H25NO3/c1-16(2,3)11-13(18)12-17-15(19)9-10-20-14-7-5-4-6-8-14/h4-8,13,18H,9-12H2,1-3H3,(H,17,19)/t13-/m0/s1. The minimum atomic E-state index is -0.506. The molecule has 0 aliphatic carbocycles. The number of ether oxygens (including phenoxy) is 1. The molecule has 1 atom stereocenters. The first kappa shape index (κ1) is 16.5. The lowest BCUT2D eigenvalue weighted by molar-refractivity contribution is -0.122. The van der Waals surface area contributed by atoms with E-state index < -0.39 is 6.10 Å². The van der Waals surface area contributed by atoms with Crippen LogP contribution >= 0.6 is 0 Å². The lowest BCUT2D eigenvalue weighted by atomic mass is 9.89. The van der Waals surface area contributed by atoms with Crippen molar-refractivity contribution in [3.05, 3.63) is 30.3 Å². The Morgan fingerprint density at radius 3 is 2.55 bits per heavy atom. The molecule has 0 aliphatic rings. The van der Waals surface area contributed by atoms with Crippen molar-refractivity contribution in [1.82, 2.24) is 5.32 Å². The van der Waals surface area contributed by atoms with Crippen LogP contribution in [0.3, 0.4) is 0 Å². The van der Waals surface area contributed by atoms with Crippen LogP contribution in [0, 0.1) is 5.41 Å². The third-order valence-corrected chi connectivity index (χ3v) is 2.72. The molecule has 0 spiro atoms. The Bertz CT molecular complexity index is 398. The molecular weight excluding hydrogens is 254 g/mol. The van der Waals surface area contributed by atoms with Crippen molar-refractivity contribution in [3.8, 4) is 5.75 Å². The van der Waals surface area contributed by atoms with E-state index in [0.29, 0.717) is 19.6 Å². The highest BCUT2D eigenvalue weighted by Gasteiger charge is 2.17. The van der Waals surface area contributed by atoms with E-state index in [4.69, 9.17) is 4.74 Å². The van der Waals surface area contributed by atoms with Gasteiger partial charge in [-0.25, -0.2) is 0 Å². The Hall–Kier alpha value is -1.55. The Labute approximate surface area is 121 Å². The summed E-state index contributed by atoms with van der Waals surface area (Å²) in [6.45, 7) is 6.82. The van der Waals surface area contributed by atoms with Gasteiger partial charge >= 0.3 is 0 Å². The quantitative estimate of drug-likeness (QED) is 0.805. The average Bonchev–Trinajstić information content (AvgIpc) is 2.36. The van der Waals surface area contributed by atoms with E-state index in [0.717, 1.165) is 5.75 Å². The zero-order chi connectivity index (χ0) is 15.0. The molecule has 0 saturated heterocycles. The SMILES string of the molecule is CC(C)(C)C[C@H](O)CNC(=O)CCOc1ccccc1. The predicted molar refractivity (Wildman–Crippen MR) is 79.6 cm³/mol. The van der Waals surface area contributed by atoms with Crippen LogP contribution in [0.4, 0.5) is 0 Å². The van der Waals surface area contributed by atoms with Crippen LogP contribution in [0.2, 0.25) is 0 Å². The molecule has 1 amide bonds. The second-order valence-electron chi connectivity index (χ2n) is 6.13. The van der Waals surface area contributed by atoms with Crippen molar-refractivity contribution < 1.29 is 14.6 Å². The van der Waals surface area contributed by atoms with E-state index in [9.17, 15) is 9.90 Å². The van der Waals surface area contributed by atoms with E-state index in [1.807, 2.05) is 30.3 Å². The minimum Gasteiger partial charge on any atom is -0.493 e. The maximum atomic E-state index is 11.6. The molecular formula is C16H25NO3. The highest BCUT2D eigenvalue weighted by atomic mass is 16.5. The summed E-state index contributed by atoms with van der Waals surface area (Å²) in [6.07, 6.45) is 0.444. The van der Waals surface area contributed by atoms with Gasteiger partial charge in [0.25, 0.3) is 0 Å². The van der Waals surface area contributed by atoms with Crippen molar-refractivity contribution in [2.75, 3.05) is 13.2 Å². The number of amides is 1. The fourth-order valence-electron chi connectivity index (χ4n) is 1.88. The van der Waals surface area contributed by atoms with Gasteiger partial charge in [0.2, 0.25) is 5.91 Å². The van der Waals surface area contributed by atoms with Crippen LogP contribution < -0.4 is 10.1 Å². The smallest absolute Gasteiger partial charge is 0.223 e. The summed E-state index contributed by atoms with van der Waals surface area (Å²) in [4.78, 5) is 11.6. The van der Waals surface area contributed by atoms with E-state index in [1.54, 1.807) is 0 Å². The molecule has 0 fully saturated rings. The van der Waals surface area contributed by atoms with E-state index >= 15 is 0 Å². The molecule has 0 radical (unpaired) electrons. The molecule has 0 bridgehead atoms. The third kappa shape index (κ3) is 7.79. The zero-order valence-electron chi connectivity index (χ0n) is 12.6. The van der Waals surface area contributed by atoms with Crippen molar-refractivity contribution in [2.24, 2.45) is 5.41 Å². The molecule has 1 aromatic rings. The molecule has 0 saturated carbocycles. The zero-order valence-corrected chi connectivity index (χ0v) is 12.6. The highest BCUT2D eigenvalue weighted by molar-refractivity contribution is 5.76. The van der Waals surface area contributed by atoms with Gasteiger partial charge in [-0.2, -0.15) is 0 Å². The van der Waals surface area contributed by atoms with Crippen molar-refractivity contribution in [2.45, 2.75) is 39.7 Å². The molecule has 20 heavy (non-hydrogen) atoms. The summed E-state index contributed by atoms with van der Waals surface area (Å²) >= 11 is 0. The first-order valence-electron chi connectivity index (χ1n) is 6.99. The predicted octanol–water partition coefficient (Wildman–Crippen LogP) is 2.37. The van der Waals surface area contributed by atoms with Crippen LogP contribution in [0.15, 0.2) is 30.3 Å². The number of rotatable bonds is 7. The molecule has 1 rings (SSSR count). The van der Waals surface area contributed by atoms with Crippen LogP contribution in [-0.4, -0.2) is 30.3 Å². The van der Waals surface area contributed by atoms with Crippen LogP contribution in [0.1, 0.15) is 33.6 Å². The second-order valence-corrected chi connectivity index (χ2v) is 6.13. The third-order valence-electron chi connectivity index (χ3n) is 2.72. The van der Waals surface area contributed by atoms with Gasteiger partial charge in [0.05, 0.1) is 19.1 Å². The summed E-state index contributed by atoms with van der Waals surface area (Å²) in [6, 6.07) is 9.39. The largest absolute Gasteiger partial charge is 0.493 e. The molecule has 0 unspecified atom stereocenters. The fourth-order valence-corrected chi connectivity index (χ4v) is 1.88. The number of nitrogens with one attached hydrogen (secondary N) is 1. The Kier molecular flexibility index (Phi) is 6.52. The van der Waals surface area contributed by atoms with Gasteiger partial charge in [0.15, 0.2) is 0 Å². The number of aliphatic hydroxyl groups excluding tert-OH is 1. The molecule has 0 heterocycles. The first-order chi connectivity index (χ1) is 9.37. The Morgan fingerprint density at radius 1 is 1.30 bits per heavy atom. The molecule has 0 aromatic heterocycles. The van der Waals surface area contributed by atoms with Crippen molar-refractivity contribution in [1.29, 1.82) is 0 Å². The number of hydrogen-bond donors (Lipinski definition) is 2. The van der Waals surface area contributed by atoms with Gasteiger partial charge < -0.3 is 15.2 Å². The van der Waals surface area contributed by atoms with Crippen LogP contribution in [0.5, 0.6) is 5.75 Å². The van der Waals surface area contributed by atoms with E-state index in [1.165, 1.54) is 0 Å². The molecule has 0 aliphatic heterocycles. The number of carbonyl (C=O) groups excluding carboxylic acids is 1. The molecule has 4 nitrogen and oxygen atoms in total. The lowest BCUT2D eigenvalue weighted by Gasteiger charge is -2.22. The maximum absolute atomic E-state index is 11.6. The monoisotopic (exact) mass is 279 g/mol. The Morgan fingerprint density at radius 2 is 1.95 bits per heavy atom. The second kappa shape index (κ2) is 7.90. The summed E-state index contributed by atoms with van der Waals surface area (Å²) in [5, 5.41) is 12.5. The summed E-state index contributed by atoms with van der Waals surface area (Å²) < 4.78 is 5.44. The van der Waals surface area contributed by atoms with E-state index in [2.05, 4.69) is 26.1 Å². The maximum Gasteiger partial charge on any atom is 0.223 e. The van der Waals surface area contributed by atoms with Gasteiger partial charge in [-0.15, -0.1) is 0 Å². The summed E-state index contributed by atoms with van der Waals surface area (Å²) in [5.74, 6) is 0.655. The number of aliphatic hydroxyl groups is 1. The van der Waals surface area contributed by atoms with E-state index in [-0.39, 0.29) is 17.7 Å². The highest BCUT2D eigenvalue weighted by Crippen LogP contribution is 2.20. The normalized spacial score (nSPS) is 12.8. The molecule has 4 heteroatoms. The Balaban J connectivity index is 2.14. The molecule has 1 aromatic carbocycles. The lowest BCUT2D eigenvalue weighted by Crippen LogP contribution is -2.34.